The first-order chi connectivity index (χ1) is 12.7. The first-order valence-corrected chi connectivity index (χ1v) is 12.2. The van der Waals surface area contributed by atoms with Crippen molar-refractivity contribution in [1.29, 1.82) is 0 Å². The number of rotatable bonds is 7. The molecular weight excluding hydrogens is 454 g/mol. The zero-order valence-electron chi connectivity index (χ0n) is 14.5. The SMILES string of the molecule is CS(=O)(=O)c1ccc(Br)c(S(=O)(=O)NCCCn2cnc3ccccc32)c1. The highest BCUT2D eigenvalue weighted by atomic mass is 79.9. The number of nitrogens with zero attached hydrogens (tertiary/aromatic N) is 2. The van der Waals surface area contributed by atoms with E-state index >= 15 is 0 Å². The minimum absolute atomic E-state index is 0.0454. The van der Waals surface area contributed by atoms with Gasteiger partial charge in [-0.15, -0.1) is 0 Å². The van der Waals surface area contributed by atoms with Crippen LogP contribution < -0.4 is 4.72 Å². The molecule has 1 N–H and O–H groups in total. The van der Waals surface area contributed by atoms with Gasteiger partial charge in [0.1, 0.15) is 0 Å². The molecule has 0 aliphatic rings. The van der Waals surface area contributed by atoms with Crippen molar-refractivity contribution in [2.45, 2.75) is 22.8 Å². The molecule has 1 aromatic heterocycles. The van der Waals surface area contributed by atoms with E-state index in [4.69, 9.17) is 0 Å². The van der Waals surface area contributed by atoms with Gasteiger partial charge in [0.05, 0.1) is 27.2 Å². The van der Waals surface area contributed by atoms with Crippen molar-refractivity contribution in [3.8, 4) is 0 Å². The van der Waals surface area contributed by atoms with Crippen molar-refractivity contribution in [1.82, 2.24) is 14.3 Å². The molecule has 3 aromatic rings. The molecule has 0 spiro atoms. The number of sulfonamides is 1. The molecular formula is C17H18BrN3O4S2. The number of hydrogen-bond donors (Lipinski definition) is 1. The second-order valence-electron chi connectivity index (χ2n) is 6.04. The van der Waals surface area contributed by atoms with Crippen molar-refractivity contribution < 1.29 is 16.8 Å². The fourth-order valence-corrected chi connectivity index (χ4v) is 5.43. The van der Waals surface area contributed by atoms with Gasteiger partial charge in [-0.1, -0.05) is 12.1 Å². The zero-order valence-corrected chi connectivity index (χ0v) is 17.7. The summed E-state index contributed by atoms with van der Waals surface area (Å²) in [6, 6.07) is 11.7. The van der Waals surface area contributed by atoms with Crippen LogP contribution >= 0.6 is 15.9 Å². The van der Waals surface area contributed by atoms with Gasteiger partial charge in [0.15, 0.2) is 9.84 Å². The quantitative estimate of drug-likeness (QED) is 0.533. The summed E-state index contributed by atoms with van der Waals surface area (Å²) in [5, 5.41) is 0. The van der Waals surface area contributed by atoms with Gasteiger partial charge in [-0.2, -0.15) is 0 Å². The Labute approximate surface area is 166 Å². The third-order valence-electron chi connectivity index (χ3n) is 4.02. The number of aryl methyl sites for hydroxylation is 1. The molecule has 10 heteroatoms. The lowest BCUT2D eigenvalue weighted by Crippen LogP contribution is -2.26. The number of imidazole rings is 1. The monoisotopic (exact) mass is 471 g/mol. The molecule has 0 radical (unpaired) electrons. The lowest BCUT2D eigenvalue weighted by Gasteiger charge is -2.10. The van der Waals surface area contributed by atoms with E-state index in [-0.39, 0.29) is 16.3 Å². The Balaban J connectivity index is 1.69. The van der Waals surface area contributed by atoms with E-state index in [0.717, 1.165) is 23.4 Å². The lowest BCUT2D eigenvalue weighted by atomic mass is 10.3. The summed E-state index contributed by atoms with van der Waals surface area (Å²) in [5.41, 5.74) is 1.88. The van der Waals surface area contributed by atoms with Crippen molar-refractivity contribution in [2.24, 2.45) is 0 Å². The molecule has 0 atom stereocenters. The second kappa shape index (κ2) is 7.70. The molecule has 0 aliphatic heterocycles. The van der Waals surface area contributed by atoms with E-state index in [9.17, 15) is 16.8 Å². The number of benzene rings is 2. The van der Waals surface area contributed by atoms with E-state index in [2.05, 4.69) is 25.6 Å². The second-order valence-corrected chi connectivity index (χ2v) is 10.6. The summed E-state index contributed by atoms with van der Waals surface area (Å²) >= 11 is 3.17. The minimum Gasteiger partial charge on any atom is -0.331 e. The Morgan fingerprint density at radius 2 is 1.85 bits per heavy atom. The fourth-order valence-electron chi connectivity index (χ4n) is 2.64. The third kappa shape index (κ3) is 4.57. The number of nitrogens with one attached hydrogen (secondary N) is 1. The summed E-state index contributed by atoms with van der Waals surface area (Å²) in [6.07, 6.45) is 3.32. The van der Waals surface area contributed by atoms with Crippen LogP contribution in [-0.4, -0.2) is 39.2 Å². The van der Waals surface area contributed by atoms with Gasteiger partial charge in [0.2, 0.25) is 10.0 Å². The molecule has 0 aliphatic carbocycles. The minimum atomic E-state index is -3.84. The number of para-hydroxylation sites is 2. The molecule has 0 saturated heterocycles. The van der Waals surface area contributed by atoms with Gasteiger partial charge in [-0.05, 0) is 52.7 Å². The summed E-state index contributed by atoms with van der Waals surface area (Å²) in [6.45, 7) is 0.817. The van der Waals surface area contributed by atoms with Crippen LogP contribution in [0.1, 0.15) is 6.42 Å². The van der Waals surface area contributed by atoms with Gasteiger partial charge in [0.25, 0.3) is 0 Å². The van der Waals surface area contributed by atoms with Gasteiger partial charge in [-0.25, -0.2) is 26.5 Å². The molecule has 27 heavy (non-hydrogen) atoms. The van der Waals surface area contributed by atoms with Gasteiger partial charge < -0.3 is 4.57 Å². The first-order valence-electron chi connectivity index (χ1n) is 8.08. The maximum atomic E-state index is 12.6. The largest absolute Gasteiger partial charge is 0.331 e. The zero-order chi connectivity index (χ0) is 19.7. The Hall–Kier alpha value is -1.75. The molecule has 0 saturated carbocycles. The summed E-state index contributed by atoms with van der Waals surface area (Å²) in [4.78, 5) is 4.16. The summed E-state index contributed by atoms with van der Waals surface area (Å²) in [5.74, 6) is 0. The average molecular weight is 472 g/mol. The van der Waals surface area contributed by atoms with Crippen LogP contribution in [0, 0.1) is 0 Å². The Kier molecular flexibility index (Phi) is 5.71. The highest BCUT2D eigenvalue weighted by Crippen LogP contribution is 2.25. The number of sulfone groups is 1. The summed E-state index contributed by atoms with van der Waals surface area (Å²) < 4.78 is 53.3. The molecule has 1 heterocycles. The first kappa shape index (κ1) is 20.0. The van der Waals surface area contributed by atoms with Crippen LogP contribution in [0.3, 0.4) is 0 Å². The van der Waals surface area contributed by atoms with Crippen LogP contribution in [0.25, 0.3) is 11.0 Å². The highest BCUT2D eigenvalue weighted by molar-refractivity contribution is 9.10. The van der Waals surface area contributed by atoms with E-state index in [1.54, 1.807) is 6.33 Å². The van der Waals surface area contributed by atoms with Crippen LogP contribution in [0.15, 0.2) is 63.1 Å². The molecule has 0 fully saturated rings. The van der Waals surface area contributed by atoms with Crippen LogP contribution in [0.2, 0.25) is 0 Å². The van der Waals surface area contributed by atoms with E-state index in [1.165, 1.54) is 12.1 Å². The number of aromatic nitrogens is 2. The van der Waals surface area contributed by atoms with Crippen LogP contribution in [0.5, 0.6) is 0 Å². The molecule has 3 rings (SSSR count). The van der Waals surface area contributed by atoms with E-state index in [0.29, 0.717) is 17.4 Å². The summed E-state index contributed by atoms with van der Waals surface area (Å²) in [7, 11) is -7.34. The van der Waals surface area contributed by atoms with Crippen LogP contribution in [-0.2, 0) is 26.4 Å². The predicted molar refractivity (Wildman–Crippen MR) is 107 cm³/mol. The van der Waals surface area contributed by atoms with Crippen molar-refractivity contribution in [3.63, 3.8) is 0 Å². The molecule has 7 nitrogen and oxygen atoms in total. The molecule has 144 valence electrons. The normalized spacial score (nSPS) is 12.5. The van der Waals surface area contributed by atoms with Crippen molar-refractivity contribution in [3.05, 3.63) is 53.3 Å². The Bertz CT molecular complexity index is 1190. The van der Waals surface area contributed by atoms with Crippen molar-refractivity contribution in [2.75, 3.05) is 12.8 Å². The number of halogens is 1. The standard InChI is InChI=1S/C17H18BrN3O4S2/c1-26(22,23)13-7-8-14(18)17(11-13)27(24,25)20-9-4-10-21-12-19-15-5-2-3-6-16(15)21/h2-3,5-8,11-12,20H,4,9-10H2,1H3. The van der Waals surface area contributed by atoms with Crippen molar-refractivity contribution >= 4 is 46.8 Å². The van der Waals surface area contributed by atoms with Gasteiger partial charge >= 0.3 is 0 Å². The van der Waals surface area contributed by atoms with E-state index in [1.807, 2.05) is 28.8 Å². The van der Waals surface area contributed by atoms with Crippen LogP contribution in [0.4, 0.5) is 0 Å². The number of hydrogen-bond acceptors (Lipinski definition) is 5. The smallest absolute Gasteiger partial charge is 0.241 e. The Morgan fingerprint density at radius 1 is 1.11 bits per heavy atom. The molecule has 2 aromatic carbocycles. The topological polar surface area (TPSA) is 98.1 Å². The molecule has 0 unspecified atom stereocenters. The third-order valence-corrected chi connectivity index (χ3v) is 7.58. The highest BCUT2D eigenvalue weighted by Gasteiger charge is 2.20. The fraction of sp³-hybridized carbons (Fsp3) is 0.235. The van der Waals surface area contributed by atoms with Gasteiger partial charge in [-0.3, -0.25) is 0 Å². The van der Waals surface area contributed by atoms with Gasteiger partial charge in [0, 0.05) is 23.8 Å². The molecule has 0 amide bonds. The Morgan fingerprint density at radius 3 is 2.59 bits per heavy atom. The molecule has 0 bridgehead atoms. The maximum absolute atomic E-state index is 12.6. The lowest BCUT2D eigenvalue weighted by molar-refractivity contribution is 0.571. The van der Waals surface area contributed by atoms with E-state index < -0.39 is 19.9 Å². The average Bonchev–Trinajstić information content (AvgIpc) is 3.01. The maximum Gasteiger partial charge on any atom is 0.241 e. The predicted octanol–water partition coefficient (Wildman–Crippen LogP) is 2.57. The number of fused-ring (bicyclic) bond motifs is 1.